The Labute approximate surface area is 143 Å². The zero-order valence-electron chi connectivity index (χ0n) is 13.7. The van der Waals surface area contributed by atoms with Gasteiger partial charge in [0.05, 0.1) is 0 Å². The average molecular weight is 347 g/mol. The van der Waals surface area contributed by atoms with E-state index in [-0.39, 0.29) is 16.5 Å². The van der Waals surface area contributed by atoms with Crippen molar-refractivity contribution < 1.29 is 0 Å². The summed E-state index contributed by atoms with van der Waals surface area (Å²) in [6.07, 6.45) is 1.49. The molecule has 0 unspecified atom stereocenters. The van der Waals surface area contributed by atoms with Crippen LogP contribution in [0, 0.1) is 0 Å². The molecule has 0 amide bonds. The molecule has 0 saturated carbocycles. The van der Waals surface area contributed by atoms with Gasteiger partial charge in [-0.3, -0.25) is 13.9 Å². The van der Waals surface area contributed by atoms with E-state index < -0.39 is 0 Å². The van der Waals surface area contributed by atoms with E-state index in [0.29, 0.717) is 24.3 Å². The molecule has 0 aliphatic carbocycles. The second kappa shape index (κ2) is 6.65. The van der Waals surface area contributed by atoms with Gasteiger partial charge in [-0.1, -0.05) is 37.3 Å². The number of fused-ring (bicyclic) bond motifs is 1. The van der Waals surface area contributed by atoms with Crippen molar-refractivity contribution in [2.75, 3.05) is 0 Å². The van der Waals surface area contributed by atoms with Crippen molar-refractivity contribution in [1.82, 2.24) is 18.7 Å². The van der Waals surface area contributed by atoms with Crippen LogP contribution in [0.2, 0.25) is 5.28 Å². The normalized spacial score (nSPS) is 11.3. The molecule has 0 N–H and O–H groups in total. The number of hydrogen-bond acceptors (Lipinski definition) is 3. The third-order valence-electron chi connectivity index (χ3n) is 4.10. The Bertz CT molecular complexity index is 986. The van der Waals surface area contributed by atoms with Gasteiger partial charge >= 0.3 is 5.69 Å². The van der Waals surface area contributed by atoms with E-state index in [1.807, 2.05) is 37.3 Å². The number of imidazole rings is 1. The molecular weight excluding hydrogens is 328 g/mol. The Morgan fingerprint density at radius 1 is 1.08 bits per heavy atom. The second-order valence-electron chi connectivity index (χ2n) is 5.74. The summed E-state index contributed by atoms with van der Waals surface area (Å²) in [5, 5.41) is 0.230. The van der Waals surface area contributed by atoms with Gasteiger partial charge in [-0.25, -0.2) is 4.79 Å². The topological polar surface area (TPSA) is 61.8 Å². The zero-order chi connectivity index (χ0) is 17.3. The Hall–Kier alpha value is -2.34. The fraction of sp³-hybridized carbons (Fsp3) is 0.353. The van der Waals surface area contributed by atoms with Crippen LogP contribution in [0.4, 0.5) is 0 Å². The van der Waals surface area contributed by atoms with E-state index in [4.69, 9.17) is 11.6 Å². The number of rotatable bonds is 5. The van der Waals surface area contributed by atoms with Gasteiger partial charge in [0.25, 0.3) is 5.56 Å². The number of aryl methyl sites for hydroxylation is 3. The van der Waals surface area contributed by atoms with Crippen LogP contribution in [0.15, 0.2) is 39.9 Å². The van der Waals surface area contributed by atoms with Gasteiger partial charge in [0.2, 0.25) is 5.28 Å². The average Bonchev–Trinajstić information content (AvgIpc) is 2.92. The van der Waals surface area contributed by atoms with Gasteiger partial charge in [0, 0.05) is 20.1 Å². The molecule has 0 atom stereocenters. The number of halogens is 1. The SMILES string of the molecule is CCCn1c(=O)n(C)c(=O)c2c1nc(Cl)n2CCc1ccccc1. The van der Waals surface area contributed by atoms with Gasteiger partial charge in [0.15, 0.2) is 11.2 Å². The molecule has 0 aliphatic heterocycles. The zero-order valence-corrected chi connectivity index (χ0v) is 14.5. The summed E-state index contributed by atoms with van der Waals surface area (Å²) in [4.78, 5) is 29.2. The quantitative estimate of drug-likeness (QED) is 0.665. The maximum atomic E-state index is 12.6. The fourth-order valence-corrected chi connectivity index (χ4v) is 3.09. The highest BCUT2D eigenvalue weighted by molar-refractivity contribution is 6.29. The Kier molecular flexibility index (Phi) is 4.57. The summed E-state index contributed by atoms with van der Waals surface area (Å²) in [5.74, 6) is 0. The molecule has 2 heterocycles. The van der Waals surface area contributed by atoms with Crippen LogP contribution in [0.3, 0.4) is 0 Å². The molecule has 0 radical (unpaired) electrons. The van der Waals surface area contributed by atoms with E-state index in [1.54, 1.807) is 4.57 Å². The summed E-state index contributed by atoms with van der Waals surface area (Å²) in [5.41, 5.74) is 1.16. The predicted molar refractivity (Wildman–Crippen MR) is 94.7 cm³/mol. The van der Waals surface area contributed by atoms with Crippen molar-refractivity contribution in [1.29, 1.82) is 0 Å². The smallest absolute Gasteiger partial charge is 0.308 e. The van der Waals surface area contributed by atoms with Crippen LogP contribution in [0.5, 0.6) is 0 Å². The van der Waals surface area contributed by atoms with E-state index in [0.717, 1.165) is 23.0 Å². The third-order valence-corrected chi connectivity index (χ3v) is 4.39. The molecule has 3 aromatic rings. The van der Waals surface area contributed by atoms with E-state index in [1.165, 1.54) is 11.6 Å². The molecule has 0 spiro atoms. The summed E-state index contributed by atoms with van der Waals surface area (Å²) in [6, 6.07) is 9.96. The highest BCUT2D eigenvalue weighted by Gasteiger charge is 2.19. The molecule has 0 fully saturated rings. The van der Waals surface area contributed by atoms with Crippen LogP contribution in [-0.4, -0.2) is 18.7 Å². The lowest BCUT2D eigenvalue weighted by molar-refractivity contribution is 0.608. The maximum absolute atomic E-state index is 12.6. The minimum atomic E-state index is -0.366. The standard InChI is InChI=1S/C17H19ClN4O2/c1-3-10-22-14-13(15(23)20(2)17(22)24)21(16(18)19-14)11-9-12-7-5-4-6-8-12/h4-8H,3,9-11H2,1-2H3. The largest absolute Gasteiger partial charge is 0.332 e. The predicted octanol–water partition coefficient (Wildman–Crippen LogP) is 2.20. The maximum Gasteiger partial charge on any atom is 0.332 e. The monoisotopic (exact) mass is 346 g/mol. The first-order chi connectivity index (χ1) is 11.5. The van der Waals surface area contributed by atoms with Crippen molar-refractivity contribution >= 4 is 22.8 Å². The number of benzene rings is 1. The number of aromatic nitrogens is 4. The van der Waals surface area contributed by atoms with Crippen LogP contribution in [-0.2, 0) is 26.6 Å². The van der Waals surface area contributed by atoms with E-state index in [2.05, 4.69) is 4.98 Å². The fourth-order valence-electron chi connectivity index (χ4n) is 2.85. The summed E-state index contributed by atoms with van der Waals surface area (Å²) < 4.78 is 4.33. The summed E-state index contributed by atoms with van der Waals surface area (Å²) in [6.45, 7) is 2.99. The van der Waals surface area contributed by atoms with Gasteiger partial charge in [0.1, 0.15) is 0 Å². The molecule has 0 aliphatic rings. The van der Waals surface area contributed by atoms with Crippen molar-refractivity contribution in [2.24, 2.45) is 7.05 Å². The third kappa shape index (κ3) is 2.78. The molecule has 0 bridgehead atoms. The van der Waals surface area contributed by atoms with Crippen LogP contribution in [0.1, 0.15) is 18.9 Å². The highest BCUT2D eigenvalue weighted by atomic mass is 35.5. The second-order valence-corrected chi connectivity index (χ2v) is 6.08. The summed E-state index contributed by atoms with van der Waals surface area (Å²) >= 11 is 6.27. The van der Waals surface area contributed by atoms with Gasteiger partial charge < -0.3 is 4.57 Å². The van der Waals surface area contributed by atoms with Crippen LogP contribution < -0.4 is 11.2 Å². The van der Waals surface area contributed by atoms with Crippen LogP contribution in [0.25, 0.3) is 11.2 Å². The molecular formula is C17H19ClN4O2. The Morgan fingerprint density at radius 3 is 2.46 bits per heavy atom. The lowest BCUT2D eigenvalue weighted by Crippen LogP contribution is -2.38. The molecule has 1 aromatic carbocycles. The molecule has 7 heteroatoms. The minimum absolute atomic E-state index is 0.230. The van der Waals surface area contributed by atoms with Gasteiger partial charge in [-0.05, 0) is 30.0 Å². The molecule has 126 valence electrons. The highest BCUT2D eigenvalue weighted by Crippen LogP contribution is 2.17. The number of nitrogens with zero attached hydrogens (tertiary/aromatic N) is 4. The molecule has 6 nitrogen and oxygen atoms in total. The first-order valence-corrected chi connectivity index (χ1v) is 8.32. The lowest BCUT2D eigenvalue weighted by Gasteiger charge is -2.09. The Balaban J connectivity index is 2.13. The first kappa shape index (κ1) is 16.5. The van der Waals surface area contributed by atoms with Crippen LogP contribution >= 0.6 is 11.6 Å². The first-order valence-electron chi connectivity index (χ1n) is 7.94. The molecule has 2 aromatic heterocycles. The van der Waals surface area contributed by atoms with Crippen molar-refractivity contribution in [3.63, 3.8) is 0 Å². The van der Waals surface area contributed by atoms with E-state index >= 15 is 0 Å². The molecule has 0 saturated heterocycles. The lowest BCUT2D eigenvalue weighted by atomic mass is 10.1. The van der Waals surface area contributed by atoms with Crippen molar-refractivity contribution in [3.8, 4) is 0 Å². The number of hydrogen-bond donors (Lipinski definition) is 0. The molecule has 24 heavy (non-hydrogen) atoms. The van der Waals surface area contributed by atoms with E-state index in [9.17, 15) is 9.59 Å². The Morgan fingerprint density at radius 2 is 1.79 bits per heavy atom. The minimum Gasteiger partial charge on any atom is -0.308 e. The summed E-state index contributed by atoms with van der Waals surface area (Å²) in [7, 11) is 1.48. The van der Waals surface area contributed by atoms with Crippen molar-refractivity contribution in [2.45, 2.75) is 32.9 Å². The van der Waals surface area contributed by atoms with Gasteiger partial charge in [-0.15, -0.1) is 0 Å². The van der Waals surface area contributed by atoms with Gasteiger partial charge in [-0.2, -0.15) is 4.98 Å². The van der Waals surface area contributed by atoms with Crippen molar-refractivity contribution in [3.05, 3.63) is 62.0 Å². The molecule has 3 rings (SSSR count).